The van der Waals surface area contributed by atoms with Gasteiger partial charge < -0.3 is 10.4 Å². The van der Waals surface area contributed by atoms with Gasteiger partial charge in [0.2, 0.25) is 6.41 Å². The summed E-state index contributed by atoms with van der Waals surface area (Å²) in [6, 6.07) is 3.19. The van der Waals surface area contributed by atoms with E-state index in [1.807, 2.05) is 0 Å². The highest BCUT2D eigenvalue weighted by Crippen LogP contribution is 2.28. The van der Waals surface area contributed by atoms with Crippen LogP contribution in [0.25, 0.3) is 0 Å². The maximum absolute atomic E-state index is 10.9. The highest BCUT2D eigenvalue weighted by Gasteiger charge is 2.21. The summed E-state index contributed by atoms with van der Waals surface area (Å²) in [5.74, 6) is -1.21. The number of rotatable bonds is 6. The predicted molar refractivity (Wildman–Crippen MR) is 65.1 cm³/mol. The van der Waals surface area contributed by atoms with E-state index in [-0.39, 0.29) is 23.0 Å². The number of carboxylic acid groups (broad SMARTS) is 1. The standard InChI is InChI=1S/C10H9BrN2O5/c11-9-6(2-1-3-8(9)13(17)18)4-7(10(15)16)12-5-14/h1-3,5,7H,4H2,(H,12,14)(H,15,16). The number of nitro groups is 1. The molecule has 1 aromatic rings. The molecule has 96 valence electrons. The van der Waals surface area contributed by atoms with E-state index in [9.17, 15) is 19.7 Å². The maximum atomic E-state index is 10.9. The van der Waals surface area contributed by atoms with Crippen molar-refractivity contribution in [3.05, 3.63) is 38.3 Å². The lowest BCUT2D eigenvalue weighted by molar-refractivity contribution is -0.385. The highest BCUT2D eigenvalue weighted by molar-refractivity contribution is 9.10. The van der Waals surface area contributed by atoms with Crippen LogP contribution in [0.3, 0.4) is 0 Å². The second-order valence-electron chi connectivity index (χ2n) is 3.39. The number of carbonyl (C=O) groups is 2. The van der Waals surface area contributed by atoms with Crippen LogP contribution < -0.4 is 5.32 Å². The summed E-state index contributed by atoms with van der Waals surface area (Å²) in [5, 5.41) is 21.7. The number of halogens is 1. The zero-order valence-electron chi connectivity index (χ0n) is 9.00. The van der Waals surface area contributed by atoms with E-state index in [0.29, 0.717) is 5.56 Å². The van der Waals surface area contributed by atoms with Gasteiger partial charge in [0.1, 0.15) is 6.04 Å². The molecule has 0 saturated carbocycles. The highest BCUT2D eigenvalue weighted by atomic mass is 79.9. The van der Waals surface area contributed by atoms with E-state index in [4.69, 9.17) is 5.11 Å². The van der Waals surface area contributed by atoms with Gasteiger partial charge in [-0.3, -0.25) is 14.9 Å². The van der Waals surface area contributed by atoms with Crippen LogP contribution in [-0.4, -0.2) is 28.5 Å². The van der Waals surface area contributed by atoms with Crippen molar-refractivity contribution in [1.29, 1.82) is 0 Å². The van der Waals surface area contributed by atoms with E-state index < -0.39 is 16.9 Å². The van der Waals surface area contributed by atoms with Crippen molar-refractivity contribution >= 4 is 34.0 Å². The number of hydrogen-bond donors (Lipinski definition) is 2. The van der Waals surface area contributed by atoms with Gasteiger partial charge in [0, 0.05) is 12.5 Å². The minimum atomic E-state index is -1.21. The second kappa shape index (κ2) is 6.10. The average molecular weight is 317 g/mol. The SMILES string of the molecule is O=CNC(Cc1cccc([N+](=O)[O-])c1Br)C(=O)O. The molecular weight excluding hydrogens is 308 g/mol. The number of carboxylic acids is 1. The third-order valence-electron chi connectivity index (χ3n) is 2.25. The Morgan fingerprint density at radius 2 is 2.28 bits per heavy atom. The Morgan fingerprint density at radius 3 is 2.78 bits per heavy atom. The zero-order chi connectivity index (χ0) is 13.7. The minimum absolute atomic E-state index is 0.0453. The van der Waals surface area contributed by atoms with Gasteiger partial charge >= 0.3 is 5.97 Å². The van der Waals surface area contributed by atoms with Crippen molar-refractivity contribution in [2.75, 3.05) is 0 Å². The topological polar surface area (TPSA) is 110 Å². The lowest BCUT2D eigenvalue weighted by Crippen LogP contribution is -2.37. The molecule has 0 bridgehead atoms. The number of hydrogen-bond acceptors (Lipinski definition) is 4. The zero-order valence-corrected chi connectivity index (χ0v) is 10.6. The van der Waals surface area contributed by atoms with Gasteiger partial charge in [-0.15, -0.1) is 0 Å². The number of nitrogens with one attached hydrogen (secondary N) is 1. The largest absolute Gasteiger partial charge is 0.480 e. The van der Waals surface area contributed by atoms with Gasteiger partial charge in [0.25, 0.3) is 5.69 Å². The van der Waals surface area contributed by atoms with E-state index in [2.05, 4.69) is 21.2 Å². The maximum Gasteiger partial charge on any atom is 0.326 e. The van der Waals surface area contributed by atoms with Crippen molar-refractivity contribution in [1.82, 2.24) is 5.32 Å². The first-order valence-electron chi connectivity index (χ1n) is 4.81. The van der Waals surface area contributed by atoms with Crippen molar-refractivity contribution in [3.8, 4) is 0 Å². The van der Waals surface area contributed by atoms with E-state index >= 15 is 0 Å². The van der Waals surface area contributed by atoms with Crippen LogP contribution in [0.15, 0.2) is 22.7 Å². The van der Waals surface area contributed by atoms with Gasteiger partial charge in [-0.25, -0.2) is 4.79 Å². The Morgan fingerprint density at radius 1 is 1.61 bits per heavy atom. The molecule has 1 unspecified atom stereocenters. The third-order valence-corrected chi connectivity index (χ3v) is 3.16. The van der Waals surface area contributed by atoms with Crippen LogP contribution in [0.4, 0.5) is 5.69 Å². The normalized spacial score (nSPS) is 11.6. The van der Waals surface area contributed by atoms with Crippen molar-refractivity contribution in [3.63, 3.8) is 0 Å². The summed E-state index contributed by atoms with van der Waals surface area (Å²) < 4.78 is 0.217. The first-order chi connectivity index (χ1) is 8.47. The summed E-state index contributed by atoms with van der Waals surface area (Å²) in [4.78, 5) is 31.3. The monoisotopic (exact) mass is 316 g/mol. The number of nitro benzene ring substituents is 1. The molecule has 1 atom stereocenters. The number of amides is 1. The summed E-state index contributed by atoms with van der Waals surface area (Å²) >= 11 is 3.06. The molecule has 0 aliphatic heterocycles. The fourth-order valence-electron chi connectivity index (χ4n) is 1.38. The Kier molecular flexibility index (Phi) is 4.78. The molecule has 18 heavy (non-hydrogen) atoms. The molecule has 0 fully saturated rings. The molecule has 8 heteroatoms. The molecule has 7 nitrogen and oxygen atoms in total. The molecule has 0 aliphatic carbocycles. The van der Waals surface area contributed by atoms with Gasteiger partial charge in [0.05, 0.1) is 9.40 Å². The number of benzene rings is 1. The van der Waals surface area contributed by atoms with E-state index in [1.165, 1.54) is 12.1 Å². The van der Waals surface area contributed by atoms with Crippen LogP contribution in [0.2, 0.25) is 0 Å². The molecule has 0 heterocycles. The number of aliphatic carboxylic acids is 1. The smallest absolute Gasteiger partial charge is 0.326 e. The summed E-state index contributed by atoms with van der Waals surface area (Å²) in [5.41, 5.74) is 0.286. The predicted octanol–water partition coefficient (Wildman–Crippen LogP) is 1.10. The fourth-order valence-corrected chi connectivity index (χ4v) is 1.96. The molecule has 0 aliphatic rings. The van der Waals surface area contributed by atoms with Crippen LogP contribution in [-0.2, 0) is 16.0 Å². The van der Waals surface area contributed by atoms with Crippen LogP contribution in [0.1, 0.15) is 5.56 Å². The second-order valence-corrected chi connectivity index (χ2v) is 4.18. The summed E-state index contributed by atoms with van der Waals surface area (Å²) in [6.45, 7) is 0. The number of carbonyl (C=O) groups excluding carboxylic acids is 1. The molecule has 1 amide bonds. The molecule has 0 saturated heterocycles. The Bertz CT molecular complexity index is 491. The quantitative estimate of drug-likeness (QED) is 0.464. The van der Waals surface area contributed by atoms with E-state index in [0.717, 1.165) is 0 Å². The fraction of sp³-hybridized carbons (Fsp3) is 0.200. The average Bonchev–Trinajstić information content (AvgIpc) is 2.30. The first kappa shape index (κ1) is 14.1. The lowest BCUT2D eigenvalue weighted by Gasteiger charge is -2.12. The molecule has 1 rings (SSSR count). The first-order valence-corrected chi connectivity index (χ1v) is 5.61. The minimum Gasteiger partial charge on any atom is -0.480 e. The Balaban J connectivity index is 3.03. The van der Waals surface area contributed by atoms with Crippen molar-refractivity contribution < 1.29 is 19.6 Å². The molecule has 0 radical (unpaired) electrons. The Labute approximate surface area is 110 Å². The van der Waals surface area contributed by atoms with Gasteiger partial charge in [-0.05, 0) is 21.5 Å². The third kappa shape index (κ3) is 3.27. The van der Waals surface area contributed by atoms with Gasteiger partial charge in [-0.1, -0.05) is 12.1 Å². The lowest BCUT2D eigenvalue weighted by atomic mass is 10.1. The summed E-state index contributed by atoms with van der Waals surface area (Å²) in [7, 11) is 0. The van der Waals surface area contributed by atoms with Crippen LogP contribution in [0, 0.1) is 10.1 Å². The molecule has 1 aromatic carbocycles. The molecular formula is C10H9BrN2O5. The number of nitrogens with zero attached hydrogens (tertiary/aromatic N) is 1. The molecule has 0 spiro atoms. The van der Waals surface area contributed by atoms with Crippen molar-refractivity contribution in [2.24, 2.45) is 0 Å². The Hall–Kier alpha value is -1.96. The van der Waals surface area contributed by atoms with Gasteiger partial charge in [0.15, 0.2) is 0 Å². The molecule has 2 N–H and O–H groups in total. The van der Waals surface area contributed by atoms with Gasteiger partial charge in [-0.2, -0.15) is 0 Å². The van der Waals surface area contributed by atoms with Crippen LogP contribution >= 0.6 is 15.9 Å². The molecule has 0 aromatic heterocycles. The summed E-state index contributed by atoms with van der Waals surface area (Å²) in [6.07, 6.45) is 0.236. The van der Waals surface area contributed by atoms with Crippen molar-refractivity contribution in [2.45, 2.75) is 12.5 Å². The van der Waals surface area contributed by atoms with Crippen LogP contribution in [0.5, 0.6) is 0 Å². The van der Waals surface area contributed by atoms with E-state index in [1.54, 1.807) is 6.07 Å².